The predicted molar refractivity (Wildman–Crippen MR) is 95.9 cm³/mol. The molecule has 26 heavy (non-hydrogen) atoms. The SMILES string of the molecule is O=C(NCc1c(-c2ccc(F)cc2)nc2n1CCS2)c1ccc(F)cc1. The molecule has 3 aromatic rings. The minimum Gasteiger partial charge on any atom is -0.346 e. The standard InChI is InChI=1S/C19H15F2N3OS/c20-14-5-1-12(2-6-14)17-16(24-9-10-26-19(24)23-17)11-22-18(25)13-3-7-15(21)8-4-13/h1-8H,9-11H2,(H,22,25). The molecule has 2 aromatic carbocycles. The average Bonchev–Trinajstić information content (AvgIpc) is 3.22. The molecule has 0 unspecified atom stereocenters. The topological polar surface area (TPSA) is 46.9 Å². The van der Waals surface area contributed by atoms with Crippen LogP contribution < -0.4 is 5.32 Å². The first-order chi connectivity index (χ1) is 12.6. The Morgan fingerprint density at radius 2 is 1.73 bits per heavy atom. The average molecular weight is 371 g/mol. The summed E-state index contributed by atoms with van der Waals surface area (Å²) in [6, 6.07) is 11.6. The summed E-state index contributed by atoms with van der Waals surface area (Å²) in [5.74, 6) is -0.0339. The molecule has 1 aliphatic heterocycles. The van der Waals surface area contributed by atoms with Gasteiger partial charge in [0.1, 0.15) is 11.6 Å². The highest BCUT2D eigenvalue weighted by Crippen LogP contribution is 2.33. The molecule has 0 bridgehead atoms. The molecular formula is C19H15F2N3OS. The van der Waals surface area contributed by atoms with E-state index in [2.05, 4.69) is 14.9 Å². The van der Waals surface area contributed by atoms with E-state index in [1.165, 1.54) is 36.4 Å². The van der Waals surface area contributed by atoms with E-state index in [1.807, 2.05) is 0 Å². The summed E-state index contributed by atoms with van der Waals surface area (Å²) >= 11 is 1.66. The zero-order chi connectivity index (χ0) is 18.1. The quantitative estimate of drug-likeness (QED) is 0.757. The van der Waals surface area contributed by atoms with E-state index >= 15 is 0 Å². The summed E-state index contributed by atoms with van der Waals surface area (Å²) in [4.78, 5) is 17.0. The van der Waals surface area contributed by atoms with Crippen molar-refractivity contribution in [1.29, 1.82) is 0 Å². The molecule has 0 radical (unpaired) electrons. The fourth-order valence-corrected chi connectivity index (χ4v) is 3.89. The molecule has 2 heterocycles. The van der Waals surface area contributed by atoms with Crippen LogP contribution >= 0.6 is 11.8 Å². The van der Waals surface area contributed by atoms with Gasteiger partial charge < -0.3 is 9.88 Å². The fraction of sp³-hybridized carbons (Fsp3) is 0.158. The molecule has 0 saturated heterocycles. The summed E-state index contributed by atoms with van der Waals surface area (Å²) in [7, 11) is 0. The van der Waals surface area contributed by atoms with E-state index in [0.717, 1.165) is 34.4 Å². The maximum atomic E-state index is 13.2. The van der Waals surface area contributed by atoms with Gasteiger partial charge >= 0.3 is 0 Å². The number of halogens is 2. The van der Waals surface area contributed by atoms with Gasteiger partial charge in [0.25, 0.3) is 5.91 Å². The van der Waals surface area contributed by atoms with E-state index in [9.17, 15) is 13.6 Å². The van der Waals surface area contributed by atoms with Crippen LogP contribution in [0.25, 0.3) is 11.3 Å². The Bertz CT molecular complexity index is 952. The zero-order valence-corrected chi connectivity index (χ0v) is 14.5. The third kappa shape index (κ3) is 3.22. The van der Waals surface area contributed by atoms with Crippen LogP contribution in [0.1, 0.15) is 16.1 Å². The number of rotatable bonds is 4. The normalized spacial score (nSPS) is 12.8. The molecule has 0 spiro atoms. The smallest absolute Gasteiger partial charge is 0.251 e. The largest absolute Gasteiger partial charge is 0.346 e. The number of amides is 1. The number of fused-ring (bicyclic) bond motifs is 1. The molecule has 132 valence electrons. The molecule has 1 amide bonds. The van der Waals surface area contributed by atoms with Gasteiger partial charge in [0.15, 0.2) is 5.16 Å². The highest BCUT2D eigenvalue weighted by atomic mass is 32.2. The number of benzene rings is 2. The molecule has 0 atom stereocenters. The van der Waals surface area contributed by atoms with Crippen LogP contribution in [0.2, 0.25) is 0 Å². The molecule has 1 aliphatic rings. The Balaban J connectivity index is 1.60. The van der Waals surface area contributed by atoms with E-state index in [0.29, 0.717) is 5.56 Å². The number of imidazole rings is 1. The molecule has 0 saturated carbocycles. The van der Waals surface area contributed by atoms with Gasteiger partial charge in [0, 0.05) is 23.4 Å². The Labute approximate surface area is 153 Å². The molecular weight excluding hydrogens is 356 g/mol. The lowest BCUT2D eigenvalue weighted by Gasteiger charge is -2.10. The summed E-state index contributed by atoms with van der Waals surface area (Å²) in [6.45, 7) is 1.10. The van der Waals surface area contributed by atoms with E-state index in [-0.39, 0.29) is 24.1 Å². The van der Waals surface area contributed by atoms with E-state index in [4.69, 9.17) is 0 Å². The van der Waals surface area contributed by atoms with Crippen molar-refractivity contribution in [3.8, 4) is 11.3 Å². The monoisotopic (exact) mass is 371 g/mol. The van der Waals surface area contributed by atoms with Crippen LogP contribution in [0, 0.1) is 11.6 Å². The van der Waals surface area contributed by atoms with Gasteiger partial charge in [0.2, 0.25) is 0 Å². The summed E-state index contributed by atoms with van der Waals surface area (Å²) < 4.78 is 28.3. The first-order valence-electron chi connectivity index (χ1n) is 8.14. The zero-order valence-electron chi connectivity index (χ0n) is 13.7. The van der Waals surface area contributed by atoms with Crippen molar-refractivity contribution >= 4 is 17.7 Å². The van der Waals surface area contributed by atoms with Crippen LogP contribution in [-0.2, 0) is 13.1 Å². The number of carbonyl (C=O) groups excluding carboxylic acids is 1. The summed E-state index contributed by atoms with van der Waals surface area (Å²) in [5, 5.41) is 3.77. The maximum Gasteiger partial charge on any atom is 0.251 e. The van der Waals surface area contributed by atoms with Crippen LogP contribution in [0.5, 0.6) is 0 Å². The Hall–Kier alpha value is -2.67. The van der Waals surface area contributed by atoms with Gasteiger partial charge in [-0.15, -0.1) is 0 Å². The lowest BCUT2D eigenvalue weighted by atomic mass is 10.1. The molecule has 7 heteroatoms. The lowest BCUT2D eigenvalue weighted by Crippen LogP contribution is -2.24. The van der Waals surface area contributed by atoms with Gasteiger partial charge in [-0.1, -0.05) is 11.8 Å². The van der Waals surface area contributed by atoms with Crippen molar-refractivity contribution in [3.05, 3.63) is 71.4 Å². The second kappa shape index (κ2) is 6.92. The highest BCUT2D eigenvalue weighted by molar-refractivity contribution is 7.99. The number of thioether (sulfide) groups is 1. The first kappa shape index (κ1) is 16.8. The van der Waals surface area contributed by atoms with Crippen molar-refractivity contribution in [1.82, 2.24) is 14.9 Å². The molecule has 1 aromatic heterocycles. The molecule has 0 aliphatic carbocycles. The molecule has 1 N–H and O–H groups in total. The van der Waals surface area contributed by atoms with Gasteiger partial charge in [-0.2, -0.15) is 0 Å². The van der Waals surface area contributed by atoms with Gasteiger partial charge in [-0.05, 0) is 48.5 Å². The first-order valence-corrected chi connectivity index (χ1v) is 9.12. The Morgan fingerprint density at radius 1 is 1.08 bits per heavy atom. The summed E-state index contributed by atoms with van der Waals surface area (Å²) in [5.41, 5.74) is 2.82. The maximum absolute atomic E-state index is 13.2. The number of nitrogens with one attached hydrogen (secondary N) is 1. The lowest BCUT2D eigenvalue weighted by molar-refractivity contribution is 0.0950. The molecule has 4 rings (SSSR count). The number of carbonyl (C=O) groups is 1. The Morgan fingerprint density at radius 3 is 2.42 bits per heavy atom. The number of aromatic nitrogens is 2. The van der Waals surface area contributed by atoms with E-state index in [1.54, 1.807) is 23.9 Å². The van der Waals surface area contributed by atoms with Crippen molar-refractivity contribution in [2.24, 2.45) is 0 Å². The number of nitrogens with zero attached hydrogens (tertiary/aromatic N) is 2. The minimum atomic E-state index is -0.384. The minimum absolute atomic E-state index is 0.281. The second-order valence-electron chi connectivity index (χ2n) is 5.89. The fourth-order valence-electron chi connectivity index (χ4n) is 2.92. The number of hydrogen-bond donors (Lipinski definition) is 1. The third-order valence-corrected chi connectivity index (χ3v) is 5.18. The molecule has 0 fully saturated rings. The Kier molecular flexibility index (Phi) is 4.46. The highest BCUT2D eigenvalue weighted by Gasteiger charge is 2.23. The van der Waals surface area contributed by atoms with Crippen LogP contribution in [-0.4, -0.2) is 21.2 Å². The van der Waals surface area contributed by atoms with E-state index < -0.39 is 0 Å². The van der Waals surface area contributed by atoms with Crippen LogP contribution in [0.4, 0.5) is 8.78 Å². The predicted octanol–water partition coefficient (Wildman–Crippen LogP) is 3.86. The second-order valence-corrected chi connectivity index (χ2v) is 6.95. The van der Waals surface area contributed by atoms with Gasteiger partial charge in [-0.25, -0.2) is 13.8 Å². The summed E-state index contributed by atoms with van der Waals surface area (Å²) in [6.07, 6.45) is 0. The molecule has 4 nitrogen and oxygen atoms in total. The van der Waals surface area contributed by atoms with Gasteiger partial charge in [-0.3, -0.25) is 4.79 Å². The van der Waals surface area contributed by atoms with Crippen LogP contribution in [0.15, 0.2) is 53.7 Å². The van der Waals surface area contributed by atoms with Crippen molar-refractivity contribution in [3.63, 3.8) is 0 Å². The van der Waals surface area contributed by atoms with Crippen molar-refractivity contribution in [2.75, 3.05) is 5.75 Å². The van der Waals surface area contributed by atoms with Gasteiger partial charge in [0.05, 0.1) is 17.9 Å². The third-order valence-electron chi connectivity index (χ3n) is 4.22. The van der Waals surface area contributed by atoms with Crippen molar-refractivity contribution < 1.29 is 13.6 Å². The van der Waals surface area contributed by atoms with Crippen molar-refractivity contribution in [2.45, 2.75) is 18.2 Å². The number of hydrogen-bond acceptors (Lipinski definition) is 3. The van der Waals surface area contributed by atoms with Crippen LogP contribution in [0.3, 0.4) is 0 Å².